The van der Waals surface area contributed by atoms with Crippen molar-refractivity contribution in [1.82, 2.24) is 5.32 Å². The van der Waals surface area contributed by atoms with Crippen molar-refractivity contribution >= 4 is 5.91 Å². The Bertz CT molecular complexity index is 714. The molecule has 1 N–H and O–H groups in total. The summed E-state index contributed by atoms with van der Waals surface area (Å²) < 4.78 is 5.80. The summed E-state index contributed by atoms with van der Waals surface area (Å²) in [6.07, 6.45) is -0.544. The summed E-state index contributed by atoms with van der Waals surface area (Å²) in [5.41, 5.74) is 3.52. The lowest BCUT2D eigenvalue weighted by Crippen LogP contribution is -2.37. The Balaban J connectivity index is 1.98. The minimum Gasteiger partial charge on any atom is -0.481 e. The van der Waals surface area contributed by atoms with Crippen molar-refractivity contribution in [1.29, 1.82) is 0 Å². The van der Waals surface area contributed by atoms with E-state index >= 15 is 0 Å². The van der Waals surface area contributed by atoms with E-state index in [9.17, 15) is 4.79 Å². The number of carbonyl (C=O) groups is 1. The molecule has 2 aromatic rings. The Hall–Kier alpha value is -2.29. The maximum absolute atomic E-state index is 12.4. The molecule has 3 heteroatoms. The predicted molar refractivity (Wildman–Crippen MR) is 103 cm³/mol. The summed E-state index contributed by atoms with van der Waals surface area (Å²) >= 11 is 0. The molecule has 0 unspecified atom stereocenters. The number of nitrogens with one attached hydrogen (secondary N) is 1. The largest absolute Gasteiger partial charge is 0.481 e. The first kappa shape index (κ1) is 19.0. The maximum atomic E-state index is 12.4. The second-order valence-electron chi connectivity index (χ2n) is 7.63. The van der Waals surface area contributed by atoms with Crippen LogP contribution in [0.2, 0.25) is 0 Å². The molecule has 0 aliphatic rings. The monoisotopic (exact) mass is 339 g/mol. The van der Waals surface area contributed by atoms with Crippen LogP contribution in [-0.4, -0.2) is 12.0 Å². The molecule has 134 valence electrons. The average Bonchev–Trinajstić information content (AvgIpc) is 2.56. The first-order valence-corrected chi connectivity index (χ1v) is 8.81. The van der Waals surface area contributed by atoms with Gasteiger partial charge in [-0.15, -0.1) is 0 Å². The molecular formula is C22H29NO2. The Kier molecular flexibility index (Phi) is 5.89. The fraction of sp³-hybridized carbons (Fsp3) is 0.409. The van der Waals surface area contributed by atoms with Gasteiger partial charge in [0.2, 0.25) is 0 Å². The van der Waals surface area contributed by atoms with E-state index in [2.05, 4.69) is 50.4 Å². The standard InChI is InChI=1S/C22H29NO2/c1-15-9-7-8-10-20(15)25-17(3)21(24)23-16(2)18-11-13-19(14-12-18)22(4,5)6/h7-14,16-17H,1-6H3,(H,23,24)/t16-,17-/m0/s1. The molecule has 0 spiro atoms. The van der Waals surface area contributed by atoms with Gasteiger partial charge in [-0.05, 0) is 48.9 Å². The van der Waals surface area contributed by atoms with Crippen LogP contribution >= 0.6 is 0 Å². The van der Waals surface area contributed by atoms with Crippen LogP contribution in [0.25, 0.3) is 0 Å². The fourth-order valence-electron chi connectivity index (χ4n) is 2.62. The van der Waals surface area contributed by atoms with Crippen LogP contribution in [0, 0.1) is 6.92 Å². The molecule has 2 atom stereocenters. The van der Waals surface area contributed by atoms with Crippen molar-refractivity contribution in [2.24, 2.45) is 0 Å². The third-order valence-corrected chi connectivity index (χ3v) is 4.40. The number of rotatable bonds is 5. The molecule has 3 nitrogen and oxygen atoms in total. The van der Waals surface area contributed by atoms with Gasteiger partial charge < -0.3 is 10.1 Å². The van der Waals surface area contributed by atoms with Crippen LogP contribution in [0.15, 0.2) is 48.5 Å². The third-order valence-electron chi connectivity index (χ3n) is 4.40. The van der Waals surface area contributed by atoms with Gasteiger partial charge in [0.05, 0.1) is 6.04 Å². The number of hydrogen-bond donors (Lipinski definition) is 1. The Morgan fingerprint density at radius 2 is 1.60 bits per heavy atom. The number of benzene rings is 2. The van der Waals surface area contributed by atoms with Crippen molar-refractivity contribution in [2.75, 3.05) is 0 Å². The molecule has 0 fully saturated rings. The molecule has 2 aromatic carbocycles. The van der Waals surface area contributed by atoms with Gasteiger partial charge in [0, 0.05) is 0 Å². The van der Waals surface area contributed by atoms with Crippen molar-refractivity contribution in [3.63, 3.8) is 0 Å². The average molecular weight is 339 g/mol. The highest BCUT2D eigenvalue weighted by Crippen LogP contribution is 2.24. The van der Waals surface area contributed by atoms with Crippen molar-refractivity contribution in [3.05, 3.63) is 65.2 Å². The number of aryl methyl sites for hydroxylation is 1. The first-order valence-electron chi connectivity index (χ1n) is 8.81. The summed E-state index contributed by atoms with van der Waals surface area (Å²) in [5, 5.41) is 3.03. The summed E-state index contributed by atoms with van der Waals surface area (Å²) in [4.78, 5) is 12.4. The molecule has 0 saturated carbocycles. The molecular weight excluding hydrogens is 310 g/mol. The Morgan fingerprint density at radius 3 is 2.16 bits per heavy atom. The molecule has 0 aliphatic carbocycles. The molecule has 0 saturated heterocycles. The van der Waals surface area contributed by atoms with E-state index in [1.165, 1.54) is 5.56 Å². The maximum Gasteiger partial charge on any atom is 0.261 e. The molecule has 0 heterocycles. The first-order chi connectivity index (χ1) is 11.7. The van der Waals surface area contributed by atoms with Crippen LogP contribution in [0.3, 0.4) is 0 Å². The van der Waals surface area contributed by atoms with Gasteiger partial charge in [-0.3, -0.25) is 4.79 Å². The Labute approximate surface area is 151 Å². The molecule has 2 rings (SSSR count). The van der Waals surface area contributed by atoms with E-state index < -0.39 is 6.10 Å². The second-order valence-corrected chi connectivity index (χ2v) is 7.63. The van der Waals surface area contributed by atoms with Crippen LogP contribution in [0.4, 0.5) is 0 Å². The zero-order valence-electron chi connectivity index (χ0n) is 16.1. The van der Waals surface area contributed by atoms with Gasteiger partial charge in [-0.25, -0.2) is 0 Å². The topological polar surface area (TPSA) is 38.3 Å². The normalized spacial score (nSPS) is 13.8. The fourth-order valence-corrected chi connectivity index (χ4v) is 2.62. The highest BCUT2D eigenvalue weighted by Gasteiger charge is 2.19. The quantitative estimate of drug-likeness (QED) is 0.838. The van der Waals surface area contributed by atoms with E-state index in [4.69, 9.17) is 4.74 Å². The van der Waals surface area contributed by atoms with Crippen LogP contribution in [0.5, 0.6) is 5.75 Å². The summed E-state index contributed by atoms with van der Waals surface area (Å²) in [7, 11) is 0. The van der Waals surface area contributed by atoms with Gasteiger partial charge in [0.25, 0.3) is 5.91 Å². The van der Waals surface area contributed by atoms with Crippen LogP contribution in [0.1, 0.15) is 57.4 Å². The van der Waals surface area contributed by atoms with E-state index in [1.807, 2.05) is 38.1 Å². The van der Waals surface area contributed by atoms with Crippen molar-refractivity contribution in [3.8, 4) is 5.75 Å². The van der Waals surface area contributed by atoms with E-state index in [0.29, 0.717) is 0 Å². The number of para-hydroxylation sites is 1. The van der Waals surface area contributed by atoms with Gasteiger partial charge in [-0.2, -0.15) is 0 Å². The summed E-state index contributed by atoms with van der Waals surface area (Å²) in [5.74, 6) is 0.628. The van der Waals surface area contributed by atoms with E-state index in [1.54, 1.807) is 6.92 Å². The smallest absolute Gasteiger partial charge is 0.261 e. The van der Waals surface area contributed by atoms with Crippen LogP contribution in [-0.2, 0) is 10.2 Å². The molecule has 0 bridgehead atoms. The molecule has 0 aromatic heterocycles. The number of amides is 1. The zero-order chi connectivity index (χ0) is 18.6. The minimum absolute atomic E-state index is 0.0653. The Morgan fingerprint density at radius 1 is 1.00 bits per heavy atom. The lowest BCUT2D eigenvalue weighted by atomic mass is 9.86. The van der Waals surface area contributed by atoms with Gasteiger partial charge in [0.15, 0.2) is 6.10 Å². The van der Waals surface area contributed by atoms with Crippen molar-refractivity contribution < 1.29 is 9.53 Å². The van der Waals surface area contributed by atoms with E-state index in [-0.39, 0.29) is 17.4 Å². The van der Waals surface area contributed by atoms with Gasteiger partial charge in [0.1, 0.15) is 5.75 Å². The highest BCUT2D eigenvalue weighted by molar-refractivity contribution is 5.81. The molecule has 0 aliphatic heterocycles. The van der Waals surface area contributed by atoms with E-state index in [0.717, 1.165) is 16.9 Å². The predicted octanol–water partition coefficient (Wildman–Crippen LogP) is 4.94. The van der Waals surface area contributed by atoms with Gasteiger partial charge in [-0.1, -0.05) is 63.2 Å². The molecule has 0 radical (unpaired) electrons. The molecule has 1 amide bonds. The van der Waals surface area contributed by atoms with Gasteiger partial charge >= 0.3 is 0 Å². The third kappa shape index (κ3) is 5.09. The van der Waals surface area contributed by atoms with Crippen LogP contribution < -0.4 is 10.1 Å². The lowest BCUT2D eigenvalue weighted by Gasteiger charge is -2.22. The number of ether oxygens (including phenoxy) is 1. The highest BCUT2D eigenvalue weighted by atomic mass is 16.5. The summed E-state index contributed by atoms with van der Waals surface area (Å²) in [6, 6.07) is 16.1. The van der Waals surface area contributed by atoms with Crippen molar-refractivity contribution in [2.45, 2.75) is 59.1 Å². The number of hydrogen-bond acceptors (Lipinski definition) is 2. The summed E-state index contributed by atoms with van der Waals surface area (Å²) in [6.45, 7) is 12.3. The lowest BCUT2D eigenvalue weighted by molar-refractivity contribution is -0.127. The zero-order valence-corrected chi connectivity index (χ0v) is 16.1. The minimum atomic E-state index is -0.544. The molecule has 25 heavy (non-hydrogen) atoms. The second kappa shape index (κ2) is 7.73. The SMILES string of the molecule is Cc1ccccc1O[C@@H](C)C(=O)N[C@@H](C)c1ccc(C(C)(C)C)cc1. The number of carbonyl (C=O) groups excluding carboxylic acids is 1.